The molecule has 16 heavy (non-hydrogen) atoms. The van der Waals surface area contributed by atoms with Crippen molar-refractivity contribution in [2.24, 2.45) is 0 Å². The average Bonchev–Trinajstić information content (AvgIpc) is 2.47. The first kappa shape index (κ1) is 11.1. The SMILES string of the molecule is Cc1nn(Cc2ccnc(N)c2)c(C)c1Br. The van der Waals surface area contributed by atoms with Crippen molar-refractivity contribution in [3.8, 4) is 0 Å². The summed E-state index contributed by atoms with van der Waals surface area (Å²) in [6.07, 6.45) is 1.71. The Kier molecular flexibility index (Phi) is 2.96. The maximum atomic E-state index is 5.64. The van der Waals surface area contributed by atoms with E-state index in [1.165, 1.54) is 0 Å². The van der Waals surface area contributed by atoms with E-state index in [4.69, 9.17) is 5.73 Å². The zero-order valence-electron chi connectivity index (χ0n) is 9.24. The number of nitrogen functional groups attached to an aromatic ring is 1. The van der Waals surface area contributed by atoms with Gasteiger partial charge in [-0.25, -0.2) is 4.98 Å². The highest BCUT2D eigenvalue weighted by Gasteiger charge is 2.08. The standard InChI is InChI=1S/C11H13BrN4/c1-7-11(12)8(2)16(15-7)6-9-3-4-14-10(13)5-9/h3-5H,6H2,1-2H3,(H2,13,14). The molecule has 84 valence electrons. The van der Waals surface area contributed by atoms with E-state index < -0.39 is 0 Å². The third-order valence-electron chi connectivity index (χ3n) is 2.47. The Bertz CT molecular complexity index is 519. The Morgan fingerprint density at radius 2 is 2.19 bits per heavy atom. The average molecular weight is 281 g/mol. The molecule has 0 unspecified atom stereocenters. The van der Waals surface area contributed by atoms with Gasteiger partial charge in [-0.05, 0) is 47.5 Å². The van der Waals surface area contributed by atoms with Crippen LogP contribution in [-0.4, -0.2) is 14.8 Å². The van der Waals surface area contributed by atoms with Crippen LogP contribution < -0.4 is 5.73 Å². The van der Waals surface area contributed by atoms with Gasteiger partial charge in [0.1, 0.15) is 5.82 Å². The zero-order valence-corrected chi connectivity index (χ0v) is 10.8. The van der Waals surface area contributed by atoms with Crippen LogP contribution in [0.4, 0.5) is 5.82 Å². The molecule has 0 fully saturated rings. The van der Waals surface area contributed by atoms with Gasteiger partial charge in [0.15, 0.2) is 0 Å². The summed E-state index contributed by atoms with van der Waals surface area (Å²) in [6, 6.07) is 3.81. The van der Waals surface area contributed by atoms with Crippen molar-refractivity contribution in [2.45, 2.75) is 20.4 Å². The highest BCUT2D eigenvalue weighted by atomic mass is 79.9. The molecule has 2 aromatic heterocycles. The molecule has 2 heterocycles. The van der Waals surface area contributed by atoms with E-state index in [0.29, 0.717) is 12.4 Å². The Morgan fingerprint density at radius 3 is 2.75 bits per heavy atom. The topological polar surface area (TPSA) is 56.7 Å². The highest BCUT2D eigenvalue weighted by Crippen LogP contribution is 2.20. The Hall–Kier alpha value is -1.36. The van der Waals surface area contributed by atoms with E-state index in [1.807, 2.05) is 30.7 Å². The molecule has 0 aliphatic rings. The van der Waals surface area contributed by atoms with Crippen molar-refractivity contribution in [3.05, 3.63) is 39.8 Å². The van der Waals surface area contributed by atoms with Crippen LogP contribution >= 0.6 is 15.9 Å². The predicted molar refractivity (Wildman–Crippen MR) is 67.2 cm³/mol. The van der Waals surface area contributed by atoms with Crippen molar-refractivity contribution in [2.75, 3.05) is 5.73 Å². The first-order valence-electron chi connectivity index (χ1n) is 4.98. The van der Waals surface area contributed by atoms with Crippen LogP contribution in [0.25, 0.3) is 0 Å². The Balaban J connectivity index is 2.30. The number of anilines is 1. The third-order valence-corrected chi connectivity index (χ3v) is 3.62. The molecule has 0 spiro atoms. The molecule has 0 aliphatic heterocycles. The minimum Gasteiger partial charge on any atom is -0.384 e. The van der Waals surface area contributed by atoms with Gasteiger partial charge in [-0.2, -0.15) is 5.10 Å². The van der Waals surface area contributed by atoms with E-state index in [2.05, 4.69) is 26.0 Å². The summed E-state index contributed by atoms with van der Waals surface area (Å²) in [4.78, 5) is 3.97. The van der Waals surface area contributed by atoms with Crippen LogP contribution in [0.2, 0.25) is 0 Å². The Morgan fingerprint density at radius 1 is 1.44 bits per heavy atom. The van der Waals surface area contributed by atoms with Gasteiger partial charge in [0, 0.05) is 6.20 Å². The van der Waals surface area contributed by atoms with Crippen LogP contribution in [0, 0.1) is 13.8 Å². The molecule has 5 heteroatoms. The van der Waals surface area contributed by atoms with Crippen LogP contribution in [0.5, 0.6) is 0 Å². The van der Waals surface area contributed by atoms with Crippen LogP contribution in [-0.2, 0) is 6.54 Å². The fraction of sp³-hybridized carbons (Fsp3) is 0.273. The van der Waals surface area contributed by atoms with Crippen molar-refractivity contribution < 1.29 is 0 Å². The van der Waals surface area contributed by atoms with E-state index in [-0.39, 0.29) is 0 Å². The molecule has 2 aromatic rings. The second kappa shape index (κ2) is 4.25. The maximum Gasteiger partial charge on any atom is 0.123 e. The van der Waals surface area contributed by atoms with E-state index in [0.717, 1.165) is 21.4 Å². The molecule has 2 N–H and O–H groups in total. The molecule has 0 aliphatic carbocycles. The summed E-state index contributed by atoms with van der Waals surface area (Å²) in [6.45, 7) is 4.73. The lowest BCUT2D eigenvalue weighted by Gasteiger charge is -2.04. The minimum absolute atomic E-state index is 0.540. The molecule has 0 atom stereocenters. The lowest BCUT2D eigenvalue weighted by Crippen LogP contribution is -2.04. The quantitative estimate of drug-likeness (QED) is 0.918. The van der Waals surface area contributed by atoms with Gasteiger partial charge >= 0.3 is 0 Å². The van der Waals surface area contributed by atoms with Crippen molar-refractivity contribution in [1.82, 2.24) is 14.8 Å². The number of rotatable bonds is 2. The first-order valence-corrected chi connectivity index (χ1v) is 5.77. The number of nitrogens with two attached hydrogens (primary N) is 1. The zero-order chi connectivity index (χ0) is 11.7. The monoisotopic (exact) mass is 280 g/mol. The lowest BCUT2D eigenvalue weighted by molar-refractivity contribution is 0.658. The number of aromatic nitrogens is 3. The van der Waals surface area contributed by atoms with E-state index in [9.17, 15) is 0 Å². The van der Waals surface area contributed by atoms with E-state index in [1.54, 1.807) is 6.20 Å². The molecule has 0 bridgehead atoms. The maximum absolute atomic E-state index is 5.64. The lowest BCUT2D eigenvalue weighted by atomic mass is 10.2. The Labute approximate surface area is 103 Å². The highest BCUT2D eigenvalue weighted by molar-refractivity contribution is 9.10. The van der Waals surface area contributed by atoms with Gasteiger partial charge in [-0.1, -0.05) is 0 Å². The van der Waals surface area contributed by atoms with Gasteiger partial charge < -0.3 is 5.73 Å². The van der Waals surface area contributed by atoms with Crippen molar-refractivity contribution in [1.29, 1.82) is 0 Å². The number of pyridine rings is 1. The van der Waals surface area contributed by atoms with Crippen LogP contribution in [0.3, 0.4) is 0 Å². The van der Waals surface area contributed by atoms with Crippen molar-refractivity contribution >= 4 is 21.7 Å². The molecule has 0 radical (unpaired) electrons. The second-order valence-corrected chi connectivity index (χ2v) is 4.52. The number of halogens is 1. The summed E-state index contributed by atoms with van der Waals surface area (Å²) < 4.78 is 3.02. The molecule has 0 saturated carbocycles. The number of aryl methyl sites for hydroxylation is 1. The van der Waals surface area contributed by atoms with Gasteiger partial charge in [-0.3, -0.25) is 4.68 Å². The minimum atomic E-state index is 0.540. The van der Waals surface area contributed by atoms with Gasteiger partial charge in [0.05, 0.1) is 22.4 Å². The molecule has 2 rings (SSSR count). The molecule has 4 nitrogen and oxygen atoms in total. The largest absolute Gasteiger partial charge is 0.384 e. The summed E-state index contributed by atoms with van der Waals surface area (Å²) in [5.41, 5.74) is 8.86. The van der Waals surface area contributed by atoms with Crippen molar-refractivity contribution in [3.63, 3.8) is 0 Å². The normalized spacial score (nSPS) is 10.7. The van der Waals surface area contributed by atoms with Gasteiger partial charge in [0.25, 0.3) is 0 Å². The number of hydrogen-bond acceptors (Lipinski definition) is 3. The first-order chi connectivity index (χ1) is 7.58. The number of nitrogens with zero attached hydrogens (tertiary/aromatic N) is 3. The van der Waals surface area contributed by atoms with Gasteiger partial charge in [0.2, 0.25) is 0 Å². The second-order valence-electron chi connectivity index (χ2n) is 3.73. The fourth-order valence-electron chi connectivity index (χ4n) is 1.59. The fourth-order valence-corrected chi connectivity index (χ4v) is 1.88. The van der Waals surface area contributed by atoms with Crippen LogP contribution in [0.15, 0.2) is 22.8 Å². The molecule has 0 aromatic carbocycles. The predicted octanol–water partition coefficient (Wildman–Crippen LogP) is 2.29. The smallest absolute Gasteiger partial charge is 0.123 e. The molecular weight excluding hydrogens is 268 g/mol. The molecule has 0 saturated heterocycles. The van der Waals surface area contributed by atoms with E-state index >= 15 is 0 Å². The molecular formula is C11H13BrN4. The van der Waals surface area contributed by atoms with Gasteiger partial charge in [-0.15, -0.1) is 0 Å². The summed E-state index contributed by atoms with van der Waals surface area (Å²) in [5.74, 6) is 0.540. The third kappa shape index (κ3) is 2.09. The summed E-state index contributed by atoms with van der Waals surface area (Å²) in [5, 5.41) is 4.44. The van der Waals surface area contributed by atoms with Crippen LogP contribution in [0.1, 0.15) is 17.0 Å². The molecule has 0 amide bonds. The summed E-state index contributed by atoms with van der Waals surface area (Å²) in [7, 11) is 0. The summed E-state index contributed by atoms with van der Waals surface area (Å²) >= 11 is 3.51. The number of hydrogen-bond donors (Lipinski definition) is 1.